The number of anilines is 1. The molecule has 0 aliphatic heterocycles. The average molecular weight is 418 g/mol. The predicted octanol–water partition coefficient (Wildman–Crippen LogP) is 4.49. The van der Waals surface area contributed by atoms with Gasteiger partial charge in [0.25, 0.3) is 0 Å². The number of benzene rings is 2. The fourth-order valence-corrected chi connectivity index (χ4v) is 2.50. The molecule has 5 nitrogen and oxygen atoms in total. The number of carbonyl (C=O) groups is 2. The van der Waals surface area contributed by atoms with E-state index in [9.17, 15) is 22.8 Å². The minimum atomic E-state index is -4.49. The molecular formula is C17H12Cl2F3N3O2. The summed E-state index contributed by atoms with van der Waals surface area (Å²) in [6.07, 6.45) is -4.49. The smallest absolute Gasteiger partial charge is 0.318 e. The van der Waals surface area contributed by atoms with Crippen molar-refractivity contribution in [1.82, 2.24) is 5.43 Å². The molecule has 0 radical (unpaired) electrons. The summed E-state index contributed by atoms with van der Waals surface area (Å²) in [5.74, 6) is -2.19. The van der Waals surface area contributed by atoms with E-state index in [0.717, 1.165) is 24.3 Å². The van der Waals surface area contributed by atoms with Gasteiger partial charge >= 0.3 is 18.0 Å². The minimum absolute atomic E-state index is 0.0320. The molecule has 0 spiro atoms. The van der Waals surface area contributed by atoms with Gasteiger partial charge in [0.15, 0.2) is 0 Å². The average Bonchev–Trinajstić information content (AvgIpc) is 2.59. The number of hydrogen-bond donors (Lipinski definition) is 2. The first-order valence-corrected chi connectivity index (χ1v) is 8.12. The third-order valence-corrected chi connectivity index (χ3v) is 3.87. The maximum Gasteiger partial charge on any atom is 0.416 e. The molecule has 0 atom stereocenters. The Hall–Kier alpha value is -2.58. The van der Waals surface area contributed by atoms with Crippen LogP contribution in [0.15, 0.2) is 47.6 Å². The van der Waals surface area contributed by atoms with Gasteiger partial charge in [0.2, 0.25) is 0 Å². The first-order valence-electron chi connectivity index (χ1n) is 7.36. The maximum absolute atomic E-state index is 12.5. The van der Waals surface area contributed by atoms with Gasteiger partial charge in [0, 0.05) is 16.3 Å². The molecule has 142 valence electrons. The number of nitrogens with zero attached hydrogens (tertiary/aromatic N) is 1. The molecule has 0 saturated carbocycles. The van der Waals surface area contributed by atoms with Crippen LogP contribution in [0.1, 0.15) is 18.1 Å². The molecule has 0 aromatic heterocycles. The summed E-state index contributed by atoms with van der Waals surface area (Å²) < 4.78 is 37.5. The molecule has 0 heterocycles. The van der Waals surface area contributed by atoms with E-state index in [1.807, 2.05) is 5.43 Å². The second kappa shape index (κ2) is 8.41. The van der Waals surface area contributed by atoms with Gasteiger partial charge in [0.1, 0.15) is 0 Å². The fraction of sp³-hybridized carbons (Fsp3) is 0.118. The van der Waals surface area contributed by atoms with E-state index in [2.05, 4.69) is 10.4 Å². The largest absolute Gasteiger partial charge is 0.416 e. The SMILES string of the molecule is CC(=NNC(=O)C(=O)Nc1ccc(C(F)(F)F)cc1)c1ccc(Cl)cc1Cl. The van der Waals surface area contributed by atoms with Crippen molar-refractivity contribution < 1.29 is 22.8 Å². The number of carbonyl (C=O) groups excluding carboxylic acids is 2. The second-order valence-electron chi connectivity index (χ2n) is 5.29. The monoisotopic (exact) mass is 417 g/mol. The van der Waals surface area contributed by atoms with Gasteiger partial charge < -0.3 is 5.32 Å². The Balaban J connectivity index is 2.00. The van der Waals surface area contributed by atoms with E-state index < -0.39 is 23.6 Å². The van der Waals surface area contributed by atoms with E-state index >= 15 is 0 Å². The van der Waals surface area contributed by atoms with Gasteiger partial charge in [-0.1, -0.05) is 29.3 Å². The van der Waals surface area contributed by atoms with Crippen LogP contribution in [0.4, 0.5) is 18.9 Å². The van der Waals surface area contributed by atoms with Crippen LogP contribution in [0.5, 0.6) is 0 Å². The standard InChI is InChI=1S/C17H12Cl2F3N3O2/c1-9(13-7-4-11(18)8-14(13)19)24-25-16(27)15(26)23-12-5-2-10(3-6-12)17(20,21)22/h2-8H,1H3,(H,23,26)(H,25,27). The highest BCUT2D eigenvalue weighted by Gasteiger charge is 2.30. The number of hydrazone groups is 1. The number of amides is 2. The molecule has 0 aliphatic rings. The van der Waals surface area contributed by atoms with Gasteiger partial charge in [-0.2, -0.15) is 18.3 Å². The van der Waals surface area contributed by atoms with Crippen LogP contribution in [-0.4, -0.2) is 17.5 Å². The molecule has 2 aromatic rings. The normalized spacial score (nSPS) is 11.9. The van der Waals surface area contributed by atoms with Gasteiger partial charge in [0.05, 0.1) is 16.3 Å². The molecule has 2 amide bonds. The van der Waals surface area contributed by atoms with Crippen molar-refractivity contribution in [3.63, 3.8) is 0 Å². The molecule has 0 unspecified atom stereocenters. The lowest BCUT2D eigenvalue weighted by Crippen LogP contribution is -2.33. The minimum Gasteiger partial charge on any atom is -0.318 e. The molecule has 0 fully saturated rings. The van der Waals surface area contributed by atoms with Crippen LogP contribution < -0.4 is 10.7 Å². The van der Waals surface area contributed by atoms with Gasteiger partial charge in [-0.15, -0.1) is 0 Å². The van der Waals surface area contributed by atoms with Gasteiger partial charge in [-0.25, -0.2) is 5.43 Å². The Morgan fingerprint density at radius 3 is 2.19 bits per heavy atom. The van der Waals surface area contributed by atoms with Crippen LogP contribution in [0, 0.1) is 0 Å². The number of alkyl halides is 3. The lowest BCUT2D eigenvalue weighted by atomic mass is 10.1. The summed E-state index contributed by atoms with van der Waals surface area (Å²) in [6.45, 7) is 1.56. The van der Waals surface area contributed by atoms with Crippen LogP contribution in [0.25, 0.3) is 0 Å². The highest BCUT2D eigenvalue weighted by molar-refractivity contribution is 6.40. The number of halogens is 5. The quantitative estimate of drug-likeness (QED) is 0.438. The summed E-state index contributed by atoms with van der Waals surface area (Å²) >= 11 is 11.8. The Morgan fingerprint density at radius 1 is 1.00 bits per heavy atom. The molecule has 2 rings (SSSR count). The number of rotatable bonds is 3. The molecule has 0 saturated heterocycles. The lowest BCUT2D eigenvalue weighted by Gasteiger charge is -2.08. The Morgan fingerprint density at radius 2 is 1.63 bits per heavy atom. The van der Waals surface area contributed by atoms with E-state index in [0.29, 0.717) is 21.3 Å². The van der Waals surface area contributed by atoms with Crippen molar-refractivity contribution in [2.24, 2.45) is 5.10 Å². The van der Waals surface area contributed by atoms with Gasteiger partial charge in [-0.3, -0.25) is 9.59 Å². The van der Waals surface area contributed by atoms with Crippen molar-refractivity contribution in [1.29, 1.82) is 0 Å². The zero-order valence-electron chi connectivity index (χ0n) is 13.7. The lowest BCUT2D eigenvalue weighted by molar-refractivity contribution is -0.137. The summed E-state index contributed by atoms with van der Waals surface area (Å²) in [5.41, 5.74) is 2.04. The van der Waals surface area contributed by atoms with E-state index in [1.165, 1.54) is 6.07 Å². The van der Waals surface area contributed by atoms with Crippen molar-refractivity contribution in [3.05, 3.63) is 63.6 Å². The summed E-state index contributed by atoms with van der Waals surface area (Å²) in [7, 11) is 0. The van der Waals surface area contributed by atoms with Crippen molar-refractivity contribution >= 4 is 46.4 Å². The number of nitrogens with one attached hydrogen (secondary N) is 2. The molecule has 0 bridgehead atoms. The highest BCUT2D eigenvalue weighted by Crippen LogP contribution is 2.29. The molecule has 10 heteroatoms. The summed E-state index contributed by atoms with van der Waals surface area (Å²) in [5, 5.41) is 6.69. The third kappa shape index (κ3) is 5.70. The Labute approximate surface area is 162 Å². The number of hydrogen-bond acceptors (Lipinski definition) is 3. The van der Waals surface area contributed by atoms with Crippen LogP contribution >= 0.6 is 23.2 Å². The van der Waals surface area contributed by atoms with Crippen molar-refractivity contribution in [2.45, 2.75) is 13.1 Å². The van der Waals surface area contributed by atoms with E-state index in [-0.39, 0.29) is 5.69 Å². The summed E-state index contributed by atoms with van der Waals surface area (Å²) in [4.78, 5) is 23.6. The maximum atomic E-state index is 12.5. The second-order valence-corrected chi connectivity index (χ2v) is 6.14. The van der Waals surface area contributed by atoms with Crippen LogP contribution in [0.3, 0.4) is 0 Å². The molecule has 2 aromatic carbocycles. The molecule has 2 N–H and O–H groups in total. The first-order chi connectivity index (χ1) is 12.6. The molecule has 27 heavy (non-hydrogen) atoms. The predicted molar refractivity (Wildman–Crippen MR) is 96.9 cm³/mol. The molecule has 0 aliphatic carbocycles. The van der Waals surface area contributed by atoms with Crippen molar-refractivity contribution in [3.8, 4) is 0 Å². The fourth-order valence-electron chi connectivity index (χ4n) is 1.96. The topological polar surface area (TPSA) is 70.6 Å². The third-order valence-electron chi connectivity index (χ3n) is 3.32. The van der Waals surface area contributed by atoms with Gasteiger partial charge in [-0.05, 0) is 43.3 Å². The van der Waals surface area contributed by atoms with Crippen molar-refractivity contribution in [2.75, 3.05) is 5.32 Å². The Kier molecular flexibility index (Phi) is 6.45. The Bertz CT molecular complexity index is 897. The zero-order chi connectivity index (χ0) is 20.2. The highest BCUT2D eigenvalue weighted by atomic mass is 35.5. The zero-order valence-corrected chi connectivity index (χ0v) is 15.2. The van der Waals surface area contributed by atoms with Crippen LogP contribution in [-0.2, 0) is 15.8 Å². The molecular weight excluding hydrogens is 406 g/mol. The van der Waals surface area contributed by atoms with Crippen LogP contribution in [0.2, 0.25) is 10.0 Å². The first kappa shape index (κ1) is 20.7. The van der Waals surface area contributed by atoms with E-state index in [1.54, 1.807) is 19.1 Å². The summed E-state index contributed by atoms with van der Waals surface area (Å²) in [6, 6.07) is 8.33. The van der Waals surface area contributed by atoms with E-state index in [4.69, 9.17) is 23.2 Å².